The number of pyridine rings is 2. The number of aliphatic hydroxyl groups is 1. The highest BCUT2D eigenvalue weighted by molar-refractivity contribution is 6.32. The molecular weight excluding hydrogens is 496 g/mol. The van der Waals surface area contributed by atoms with Crippen molar-refractivity contribution in [2.75, 3.05) is 43.0 Å². The second-order valence-corrected chi connectivity index (χ2v) is 10.7. The molecule has 1 aliphatic heterocycles. The summed E-state index contributed by atoms with van der Waals surface area (Å²) in [5.41, 5.74) is 8.41. The minimum atomic E-state index is 0.162. The number of nitrogens with zero attached hydrogens (tertiary/aromatic N) is 5. The SMILES string of the molecule is CC(C)N1CCN(c2ccc(Nc3cc(-c4ccc5c(c4)CC=C5CCO)c(Cl)n4ccnc34)nc2)CC1. The molecule has 38 heavy (non-hydrogen) atoms. The summed E-state index contributed by atoms with van der Waals surface area (Å²) in [7, 11) is 0. The van der Waals surface area contributed by atoms with E-state index in [4.69, 9.17) is 16.6 Å². The molecule has 4 aromatic rings. The Balaban J connectivity index is 1.26. The number of piperazine rings is 1. The summed E-state index contributed by atoms with van der Waals surface area (Å²) in [6, 6.07) is 13.3. The molecule has 0 spiro atoms. The summed E-state index contributed by atoms with van der Waals surface area (Å²) in [5.74, 6) is 0.763. The van der Waals surface area contributed by atoms with Crippen LogP contribution in [0.1, 0.15) is 31.4 Å². The molecule has 2 aliphatic rings. The molecule has 2 N–H and O–H groups in total. The van der Waals surface area contributed by atoms with Crippen molar-refractivity contribution in [1.82, 2.24) is 19.3 Å². The Labute approximate surface area is 228 Å². The molecular formula is C30H33ClN6O. The van der Waals surface area contributed by atoms with E-state index in [9.17, 15) is 5.11 Å². The first-order chi connectivity index (χ1) is 18.5. The number of halogens is 1. The lowest BCUT2D eigenvalue weighted by molar-refractivity contribution is 0.209. The van der Waals surface area contributed by atoms with Crippen molar-refractivity contribution in [1.29, 1.82) is 0 Å². The fraction of sp³-hybridized carbons (Fsp3) is 0.333. The third kappa shape index (κ3) is 4.66. The van der Waals surface area contributed by atoms with Crippen molar-refractivity contribution < 1.29 is 5.11 Å². The van der Waals surface area contributed by atoms with Crippen molar-refractivity contribution >= 4 is 40.0 Å². The van der Waals surface area contributed by atoms with Gasteiger partial charge in [-0.1, -0.05) is 35.9 Å². The van der Waals surface area contributed by atoms with Crippen LogP contribution in [0.4, 0.5) is 17.2 Å². The molecule has 0 saturated carbocycles. The molecule has 6 rings (SSSR count). The molecule has 7 nitrogen and oxygen atoms in total. The van der Waals surface area contributed by atoms with Crippen LogP contribution in [-0.4, -0.2) is 63.2 Å². The number of fused-ring (bicyclic) bond motifs is 2. The number of allylic oxidation sites excluding steroid dienone is 1. The molecule has 1 aliphatic carbocycles. The third-order valence-electron chi connectivity index (χ3n) is 7.74. The summed E-state index contributed by atoms with van der Waals surface area (Å²) < 4.78 is 1.91. The van der Waals surface area contributed by atoms with E-state index < -0.39 is 0 Å². The number of imidazole rings is 1. The summed E-state index contributed by atoms with van der Waals surface area (Å²) in [4.78, 5) is 14.2. The topological polar surface area (TPSA) is 68.9 Å². The van der Waals surface area contributed by atoms with E-state index in [1.54, 1.807) is 6.20 Å². The average molecular weight is 529 g/mol. The summed E-state index contributed by atoms with van der Waals surface area (Å²) in [6.07, 6.45) is 9.35. The van der Waals surface area contributed by atoms with Crippen LogP contribution in [0.15, 0.2) is 61.1 Å². The maximum Gasteiger partial charge on any atom is 0.161 e. The van der Waals surface area contributed by atoms with Gasteiger partial charge in [0.2, 0.25) is 0 Å². The van der Waals surface area contributed by atoms with E-state index in [-0.39, 0.29) is 6.61 Å². The quantitative estimate of drug-likeness (QED) is 0.302. The minimum Gasteiger partial charge on any atom is -0.396 e. The van der Waals surface area contributed by atoms with E-state index in [1.165, 1.54) is 16.7 Å². The monoisotopic (exact) mass is 528 g/mol. The van der Waals surface area contributed by atoms with Gasteiger partial charge in [-0.3, -0.25) is 9.30 Å². The van der Waals surface area contributed by atoms with Gasteiger partial charge in [-0.05, 0) is 67.2 Å². The van der Waals surface area contributed by atoms with Crippen LogP contribution in [-0.2, 0) is 6.42 Å². The Hall–Kier alpha value is -3.39. The number of rotatable bonds is 7. The van der Waals surface area contributed by atoms with Gasteiger partial charge in [0.25, 0.3) is 0 Å². The smallest absolute Gasteiger partial charge is 0.161 e. The summed E-state index contributed by atoms with van der Waals surface area (Å²) in [5, 5.41) is 13.5. The normalized spacial score (nSPS) is 15.8. The number of benzene rings is 1. The van der Waals surface area contributed by atoms with Gasteiger partial charge in [0, 0.05) is 56.8 Å². The van der Waals surface area contributed by atoms with Gasteiger partial charge in [-0.25, -0.2) is 9.97 Å². The Bertz CT molecular complexity index is 1480. The fourth-order valence-corrected chi connectivity index (χ4v) is 5.88. The molecule has 3 aromatic heterocycles. The van der Waals surface area contributed by atoms with Gasteiger partial charge < -0.3 is 15.3 Å². The second kappa shape index (κ2) is 10.4. The Morgan fingerprint density at radius 1 is 1.03 bits per heavy atom. The van der Waals surface area contributed by atoms with Crippen LogP contribution < -0.4 is 10.2 Å². The van der Waals surface area contributed by atoms with Crippen molar-refractivity contribution in [2.24, 2.45) is 0 Å². The first-order valence-electron chi connectivity index (χ1n) is 13.3. The molecule has 0 atom stereocenters. The van der Waals surface area contributed by atoms with Gasteiger partial charge in [0.15, 0.2) is 5.65 Å². The van der Waals surface area contributed by atoms with Gasteiger partial charge in [-0.15, -0.1) is 0 Å². The fourth-order valence-electron chi connectivity index (χ4n) is 5.58. The van der Waals surface area contributed by atoms with Gasteiger partial charge in [0.05, 0.1) is 17.6 Å². The lowest BCUT2D eigenvalue weighted by Crippen LogP contribution is -2.48. The van der Waals surface area contributed by atoms with Crippen LogP contribution in [0.5, 0.6) is 0 Å². The molecule has 0 unspecified atom stereocenters. The highest BCUT2D eigenvalue weighted by Gasteiger charge is 2.20. The van der Waals surface area contributed by atoms with Crippen molar-refractivity contribution in [3.8, 4) is 11.1 Å². The summed E-state index contributed by atoms with van der Waals surface area (Å²) in [6.45, 7) is 8.85. The van der Waals surface area contributed by atoms with Gasteiger partial charge >= 0.3 is 0 Å². The maximum absolute atomic E-state index is 9.38. The lowest BCUT2D eigenvalue weighted by atomic mass is 9.98. The standard InChI is InChI=1S/C30H33ClN6O/c1-20(2)35-12-14-36(15-13-35)24-6-8-28(33-19-24)34-27-18-26(29(31)37-11-10-32-30(27)37)23-5-7-25-21(9-16-38)3-4-22(25)17-23/h3,5-8,10-11,17-20,38H,4,9,12-16H2,1-2H3,(H,33,34). The predicted molar refractivity (Wildman–Crippen MR) is 155 cm³/mol. The van der Waals surface area contributed by atoms with E-state index >= 15 is 0 Å². The van der Waals surface area contributed by atoms with Crippen LogP contribution in [0.25, 0.3) is 22.3 Å². The Kier molecular flexibility index (Phi) is 6.82. The zero-order chi connectivity index (χ0) is 26.2. The average Bonchev–Trinajstić information content (AvgIpc) is 3.59. The highest BCUT2D eigenvalue weighted by Crippen LogP contribution is 2.38. The molecule has 0 amide bonds. The van der Waals surface area contributed by atoms with Gasteiger partial charge in [-0.2, -0.15) is 0 Å². The molecule has 0 radical (unpaired) electrons. The van der Waals surface area contributed by atoms with E-state index in [2.05, 4.69) is 70.4 Å². The highest BCUT2D eigenvalue weighted by atomic mass is 35.5. The Morgan fingerprint density at radius 3 is 2.61 bits per heavy atom. The van der Waals surface area contributed by atoms with Crippen molar-refractivity contribution in [2.45, 2.75) is 32.7 Å². The van der Waals surface area contributed by atoms with Gasteiger partial charge in [0.1, 0.15) is 11.0 Å². The van der Waals surface area contributed by atoms with Crippen LogP contribution in [0.3, 0.4) is 0 Å². The summed E-state index contributed by atoms with van der Waals surface area (Å²) >= 11 is 6.88. The maximum atomic E-state index is 9.38. The number of hydrogen-bond acceptors (Lipinski definition) is 6. The molecule has 1 aromatic carbocycles. The molecule has 0 bridgehead atoms. The van der Waals surface area contributed by atoms with E-state index in [0.29, 0.717) is 17.6 Å². The minimum absolute atomic E-state index is 0.162. The molecule has 196 valence electrons. The van der Waals surface area contributed by atoms with Crippen molar-refractivity contribution in [3.63, 3.8) is 0 Å². The second-order valence-electron chi connectivity index (χ2n) is 10.3. The molecule has 4 heterocycles. The largest absolute Gasteiger partial charge is 0.396 e. The number of aliphatic hydroxyl groups excluding tert-OH is 1. The Morgan fingerprint density at radius 2 is 1.87 bits per heavy atom. The molecule has 1 fully saturated rings. The number of aromatic nitrogens is 3. The van der Waals surface area contributed by atoms with Crippen LogP contribution in [0, 0.1) is 0 Å². The molecule has 1 saturated heterocycles. The third-order valence-corrected chi connectivity index (χ3v) is 8.12. The zero-order valence-electron chi connectivity index (χ0n) is 21.9. The molecule has 8 heteroatoms. The van der Waals surface area contributed by atoms with Crippen LogP contribution in [0.2, 0.25) is 5.15 Å². The zero-order valence-corrected chi connectivity index (χ0v) is 22.6. The van der Waals surface area contributed by atoms with E-state index in [1.807, 2.05) is 22.9 Å². The predicted octanol–water partition coefficient (Wildman–Crippen LogP) is 5.65. The van der Waals surface area contributed by atoms with Crippen molar-refractivity contribution in [3.05, 3.63) is 77.3 Å². The first-order valence-corrected chi connectivity index (χ1v) is 13.7. The number of nitrogens with one attached hydrogen (secondary N) is 1. The first kappa shape index (κ1) is 24.9. The number of anilines is 3. The number of hydrogen-bond donors (Lipinski definition) is 2. The van der Waals surface area contributed by atoms with Crippen LogP contribution >= 0.6 is 11.6 Å². The lowest BCUT2D eigenvalue weighted by Gasteiger charge is -2.38. The van der Waals surface area contributed by atoms with E-state index in [0.717, 1.165) is 66.6 Å².